The molecule has 4 rings (SSSR count). The average molecular weight is 437 g/mol. The summed E-state index contributed by atoms with van der Waals surface area (Å²) in [5.41, 5.74) is 2.33. The van der Waals surface area contributed by atoms with Crippen molar-refractivity contribution >= 4 is 0 Å². The van der Waals surface area contributed by atoms with Crippen molar-refractivity contribution < 1.29 is 14.2 Å². The Morgan fingerprint density at radius 1 is 1.09 bits per heavy atom. The molecule has 0 aromatic carbocycles. The summed E-state index contributed by atoms with van der Waals surface area (Å²) >= 11 is 0. The van der Waals surface area contributed by atoms with Crippen LogP contribution in [0.2, 0.25) is 0 Å². The molecule has 0 saturated carbocycles. The summed E-state index contributed by atoms with van der Waals surface area (Å²) in [6.45, 7) is 11.1. The molecule has 1 aliphatic heterocycles. The lowest BCUT2D eigenvalue weighted by Crippen LogP contribution is -2.44. The summed E-state index contributed by atoms with van der Waals surface area (Å²) in [4.78, 5) is 13.9. The van der Waals surface area contributed by atoms with E-state index in [9.17, 15) is 0 Å². The zero-order valence-electron chi connectivity index (χ0n) is 19.8. The van der Waals surface area contributed by atoms with Crippen molar-refractivity contribution in [2.75, 3.05) is 13.7 Å². The Hall–Kier alpha value is -2.93. The molecule has 0 unspecified atom stereocenters. The van der Waals surface area contributed by atoms with E-state index in [4.69, 9.17) is 19.2 Å². The van der Waals surface area contributed by atoms with E-state index in [-0.39, 0.29) is 17.1 Å². The molecular formula is C25H32N4O3. The van der Waals surface area contributed by atoms with Crippen molar-refractivity contribution in [1.29, 1.82) is 0 Å². The molecule has 0 aliphatic carbocycles. The number of methoxy groups -OCH3 is 1. The average Bonchev–Trinajstić information content (AvgIpc) is 3.18. The van der Waals surface area contributed by atoms with Crippen molar-refractivity contribution in [3.63, 3.8) is 0 Å². The summed E-state index contributed by atoms with van der Waals surface area (Å²) in [7, 11) is 1.63. The van der Waals surface area contributed by atoms with Crippen LogP contribution in [0, 0.1) is 0 Å². The minimum Gasteiger partial charge on any atom is -0.480 e. The molecule has 32 heavy (non-hydrogen) atoms. The topological polar surface area (TPSA) is 71.3 Å². The van der Waals surface area contributed by atoms with Gasteiger partial charge in [-0.25, -0.2) is 15.0 Å². The fourth-order valence-electron chi connectivity index (χ4n) is 4.75. The van der Waals surface area contributed by atoms with Crippen LogP contribution in [0.3, 0.4) is 0 Å². The molecule has 170 valence electrons. The van der Waals surface area contributed by atoms with E-state index in [0.29, 0.717) is 18.4 Å². The highest BCUT2D eigenvalue weighted by Crippen LogP contribution is 2.44. The summed E-state index contributed by atoms with van der Waals surface area (Å²) in [6, 6.07) is 7.75. The first kappa shape index (κ1) is 22.3. The predicted octanol–water partition coefficient (Wildman–Crippen LogP) is 5.19. The lowest BCUT2D eigenvalue weighted by molar-refractivity contribution is -0.162. The van der Waals surface area contributed by atoms with E-state index < -0.39 is 0 Å². The number of hydrogen-bond acceptors (Lipinski definition) is 6. The van der Waals surface area contributed by atoms with Crippen LogP contribution < -0.4 is 9.47 Å². The summed E-state index contributed by atoms with van der Waals surface area (Å²) < 4.78 is 19.4. The summed E-state index contributed by atoms with van der Waals surface area (Å²) in [5, 5.41) is 0. The molecule has 1 fully saturated rings. The van der Waals surface area contributed by atoms with Crippen LogP contribution in [0.4, 0.5) is 0 Å². The van der Waals surface area contributed by atoms with E-state index in [1.807, 2.05) is 31.2 Å². The van der Waals surface area contributed by atoms with Crippen LogP contribution in [-0.2, 0) is 4.74 Å². The maximum Gasteiger partial charge on any atom is 0.224 e. The van der Waals surface area contributed by atoms with Gasteiger partial charge in [0.2, 0.25) is 11.8 Å². The monoisotopic (exact) mass is 436 g/mol. The number of nitrogens with zero attached hydrogens (tertiary/aromatic N) is 4. The van der Waals surface area contributed by atoms with Gasteiger partial charge in [0.05, 0.1) is 48.1 Å². The minimum atomic E-state index is -0.219. The Morgan fingerprint density at radius 2 is 1.84 bits per heavy atom. The Balaban J connectivity index is 1.82. The van der Waals surface area contributed by atoms with Gasteiger partial charge >= 0.3 is 0 Å². The lowest BCUT2D eigenvalue weighted by Gasteiger charge is -2.45. The molecule has 0 spiro atoms. The second-order valence-corrected chi connectivity index (χ2v) is 9.43. The van der Waals surface area contributed by atoms with Gasteiger partial charge in [0, 0.05) is 24.4 Å². The van der Waals surface area contributed by atoms with Crippen molar-refractivity contribution in [3.05, 3.63) is 48.5 Å². The SMILES string of the molecule is CCOc1ccc(-n2cc(C3CC(C)(C)OC(C)(C)C3)nc2-c2cccnc2OC)cn1. The van der Waals surface area contributed by atoms with Gasteiger partial charge in [0.25, 0.3) is 0 Å². The molecule has 7 heteroatoms. The molecule has 0 atom stereocenters. The molecule has 3 aromatic rings. The predicted molar refractivity (Wildman–Crippen MR) is 124 cm³/mol. The van der Waals surface area contributed by atoms with E-state index in [0.717, 1.165) is 35.6 Å². The Bertz CT molecular complexity index is 1060. The molecule has 0 N–H and O–H groups in total. The van der Waals surface area contributed by atoms with Crippen molar-refractivity contribution in [3.8, 4) is 28.8 Å². The highest BCUT2D eigenvalue weighted by Gasteiger charge is 2.41. The van der Waals surface area contributed by atoms with Crippen LogP contribution in [0.25, 0.3) is 17.1 Å². The minimum absolute atomic E-state index is 0.219. The van der Waals surface area contributed by atoms with E-state index in [1.165, 1.54) is 0 Å². The Labute approximate surface area is 189 Å². The first-order valence-electron chi connectivity index (χ1n) is 11.1. The van der Waals surface area contributed by atoms with Gasteiger partial charge in [0.15, 0.2) is 0 Å². The van der Waals surface area contributed by atoms with Crippen LogP contribution in [-0.4, -0.2) is 44.4 Å². The molecule has 0 amide bonds. The van der Waals surface area contributed by atoms with Crippen molar-refractivity contribution in [1.82, 2.24) is 19.5 Å². The fraction of sp³-hybridized carbons (Fsp3) is 0.480. The van der Waals surface area contributed by atoms with E-state index in [2.05, 4.69) is 48.4 Å². The number of hydrogen-bond donors (Lipinski definition) is 0. The van der Waals surface area contributed by atoms with Gasteiger partial charge in [-0.3, -0.25) is 4.57 Å². The van der Waals surface area contributed by atoms with E-state index >= 15 is 0 Å². The summed E-state index contributed by atoms with van der Waals surface area (Å²) in [6.07, 6.45) is 7.44. The third-order valence-electron chi connectivity index (χ3n) is 5.67. The summed E-state index contributed by atoms with van der Waals surface area (Å²) in [5.74, 6) is 2.19. The third-order valence-corrected chi connectivity index (χ3v) is 5.67. The molecule has 0 radical (unpaired) electrons. The van der Waals surface area contributed by atoms with Gasteiger partial charge in [-0.1, -0.05) is 0 Å². The number of aromatic nitrogens is 4. The number of imidazole rings is 1. The largest absolute Gasteiger partial charge is 0.480 e. The highest BCUT2D eigenvalue weighted by atomic mass is 16.5. The van der Waals surface area contributed by atoms with Crippen LogP contribution in [0.1, 0.15) is 59.1 Å². The van der Waals surface area contributed by atoms with Gasteiger partial charge in [-0.05, 0) is 65.7 Å². The molecule has 1 aliphatic rings. The first-order chi connectivity index (χ1) is 15.2. The van der Waals surface area contributed by atoms with Crippen LogP contribution >= 0.6 is 0 Å². The maximum absolute atomic E-state index is 6.30. The molecule has 3 aromatic heterocycles. The number of ether oxygens (including phenoxy) is 3. The normalized spacial score (nSPS) is 17.8. The van der Waals surface area contributed by atoms with Crippen molar-refractivity contribution in [2.24, 2.45) is 0 Å². The second kappa shape index (κ2) is 8.54. The number of rotatable bonds is 6. The van der Waals surface area contributed by atoms with Gasteiger partial charge < -0.3 is 14.2 Å². The Morgan fingerprint density at radius 3 is 2.47 bits per heavy atom. The highest BCUT2D eigenvalue weighted by molar-refractivity contribution is 5.64. The molecule has 1 saturated heterocycles. The third kappa shape index (κ3) is 4.63. The first-order valence-corrected chi connectivity index (χ1v) is 11.1. The molecule has 4 heterocycles. The van der Waals surface area contributed by atoms with Crippen LogP contribution in [0.15, 0.2) is 42.9 Å². The van der Waals surface area contributed by atoms with Crippen LogP contribution in [0.5, 0.6) is 11.8 Å². The van der Waals surface area contributed by atoms with Crippen molar-refractivity contribution in [2.45, 2.75) is 64.6 Å². The maximum atomic E-state index is 6.30. The standard InChI is InChI=1S/C25H32N4O3/c1-7-31-21-11-10-18(15-27-21)29-16-20(17-13-24(2,3)32-25(4,5)14-17)28-22(29)19-9-8-12-26-23(19)30-6/h8-12,15-17H,7,13-14H2,1-6H3. The molecule has 0 bridgehead atoms. The van der Waals surface area contributed by atoms with E-state index in [1.54, 1.807) is 19.5 Å². The molecule has 7 nitrogen and oxygen atoms in total. The Kier molecular flexibility index (Phi) is 5.95. The quantitative estimate of drug-likeness (QED) is 0.530. The molecular weight excluding hydrogens is 404 g/mol. The smallest absolute Gasteiger partial charge is 0.224 e. The fourth-order valence-corrected chi connectivity index (χ4v) is 4.75. The second-order valence-electron chi connectivity index (χ2n) is 9.43. The van der Waals surface area contributed by atoms with Gasteiger partial charge in [-0.15, -0.1) is 0 Å². The zero-order chi connectivity index (χ0) is 22.9. The number of pyridine rings is 2. The van der Waals surface area contributed by atoms with Gasteiger partial charge in [0.1, 0.15) is 5.82 Å². The van der Waals surface area contributed by atoms with Gasteiger partial charge in [-0.2, -0.15) is 0 Å². The zero-order valence-corrected chi connectivity index (χ0v) is 19.8. The lowest BCUT2D eigenvalue weighted by atomic mass is 9.79.